The molecule has 0 bridgehead atoms. The number of aliphatic hydroxyl groups is 1. The zero-order chi connectivity index (χ0) is 20.4. The van der Waals surface area contributed by atoms with Gasteiger partial charge < -0.3 is 9.84 Å². The highest BCUT2D eigenvalue weighted by molar-refractivity contribution is 7.89. The van der Waals surface area contributed by atoms with Crippen LogP contribution in [0.2, 0.25) is 0 Å². The fourth-order valence-corrected chi connectivity index (χ4v) is 5.03. The highest BCUT2D eigenvalue weighted by Crippen LogP contribution is 2.38. The Hall–Kier alpha value is -1.81. The molecule has 0 amide bonds. The predicted octanol–water partition coefficient (Wildman–Crippen LogP) is 1.74. The van der Waals surface area contributed by atoms with E-state index in [4.69, 9.17) is 4.74 Å². The highest BCUT2D eigenvalue weighted by atomic mass is 32.2. The standard InChI is InChI=1S/C20H28N4O4S/c1-14-2-7-17(8-3-14)29(26,27)22-18-9-6-16(28-20(18)13-25)10-11-24-12-19(21-23-24)15-4-5-15/h2-3,7-8,12,15-16,18,20,22,25H,4-6,9-11,13H2,1H3/t16-,18+,20+/m1/s1. The first kappa shape index (κ1) is 20.5. The van der Waals surface area contributed by atoms with Crippen molar-refractivity contribution >= 4 is 10.0 Å². The molecule has 1 aliphatic carbocycles. The molecule has 0 unspecified atom stereocenters. The van der Waals surface area contributed by atoms with Gasteiger partial charge in [0.05, 0.1) is 35.4 Å². The number of aromatic nitrogens is 3. The summed E-state index contributed by atoms with van der Waals surface area (Å²) in [4.78, 5) is 0.222. The number of sulfonamides is 1. The molecular weight excluding hydrogens is 392 g/mol. The summed E-state index contributed by atoms with van der Waals surface area (Å²) in [6, 6.07) is 6.27. The molecule has 2 aliphatic rings. The Morgan fingerprint density at radius 1 is 1.21 bits per heavy atom. The number of nitrogens with zero attached hydrogens (tertiary/aromatic N) is 3. The minimum Gasteiger partial charge on any atom is -0.394 e. The van der Waals surface area contributed by atoms with Crippen LogP contribution in [0.15, 0.2) is 35.4 Å². The number of benzene rings is 1. The largest absolute Gasteiger partial charge is 0.394 e. The molecule has 0 spiro atoms. The number of aliphatic hydroxyl groups excluding tert-OH is 1. The van der Waals surface area contributed by atoms with Crippen molar-refractivity contribution in [2.24, 2.45) is 0 Å². The van der Waals surface area contributed by atoms with E-state index in [0.29, 0.717) is 18.9 Å². The fraction of sp³-hybridized carbons (Fsp3) is 0.600. The van der Waals surface area contributed by atoms with Gasteiger partial charge in [-0.25, -0.2) is 13.1 Å². The van der Waals surface area contributed by atoms with Crippen molar-refractivity contribution in [2.75, 3.05) is 6.61 Å². The normalized spacial score (nSPS) is 25.2. The lowest BCUT2D eigenvalue weighted by Gasteiger charge is -2.36. The zero-order valence-electron chi connectivity index (χ0n) is 16.6. The average Bonchev–Trinajstić information content (AvgIpc) is 3.45. The Balaban J connectivity index is 1.32. The Bertz CT molecular complexity index is 924. The third kappa shape index (κ3) is 5.03. The Morgan fingerprint density at radius 3 is 2.66 bits per heavy atom. The van der Waals surface area contributed by atoms with Crippen LogP contribution in [0.5, 0.6) is 0 Å². The van der Waals surface area contributed by atoms with Gasteiger partial charge in [0, 0.05) is 18.7 Å². The molecular formula is C20H28N4O4S. The lowest BCUT2D eigenvalue weighted by molar-refractivity contribution is -0.0891. The summed E-state index contributed by atoms with van der Waals surface area (Å²) in [6.07, 6.45) is 5.88. The summed E-state index contributed by atoms with van der Waals surface area (Å²) >= 11 is 0. The van der Waals surface area contributed by atoms with Crippen molar-refractivity contribution in [3.05, 3.63) is 41.7 Å². The quantitative estimate of drug-likeness (QED) is 0.674. The monoisotopic (exact) mass is 420 g/mol. The Labute approximate surface area is 171 Å². The molecule has 1 saturated carbocycles. The van der Waals surface area contributed by atoms with E-state index in [1.807, 2.05) is 17.8 Å². The van der Waals surface area contributed by atoms with E-state index < -0.39 is 22.2 Å². The van der Waals surface area contributed by atoms with Crippen LogP contribution in [0.4, 0.5) is 0 Å². The van der Waals surface area contributed by atoms with E-state index in [2.05, 4.69) is 15.0 Å². The molecule has 0 radical (unpaired) electrons. The summed E-state index contributed by atoms with van der Waals surface area (Å²) in [5, 5.41) is 18.1. The molecule has 2 N–H and O–H groups in total. The second-order valence-corrected chi connectivity index (χ2v) is 9.78. The molecule has 2 aromatic rings. The first-order valence-corrected chi connectivity index (χ1v) is 11.7. The molecule has 2 heterocycles. The fourth-order valence-electron chi connectivity index (χ4n) is 3.73. The highest BCUT2D eigenvalue weighted by Gasteiger charge is 2.34. The van der Waals surface area contributed by atoms with E-state index >= 15 is 0 Å². The van der Waals surface area contributed by atoms with E-state index in [0.717, 1.165) is 24.1 Å². The number of ether oxygens (including phenoxy) is 1. The van der Waals surface area contributed by atoms with Crippen LogP contribution in [0.1, 0.15) is 49.3 Å². The van der Waals surface area contributed by atoms with Crippen LogP contribution in [0.25, 0.3) is 0 Å². The van der Waals surface area contributed by atoms with Gasteiger partial charge in [-0.3, -0.25) is 4.68 Å². The van der Waals surface area contributed by atoms with E-state index in [-0.39, 0.29) is 17.6 Å². The van der Waals surface area contributed by atoms with Gasteiger partial charge in [0.2, 0.25) is 10.0 Å². The van der Waals surface area contributed by atoms with Gasteiger partial charge in [0.25, 0.3) is 0 Å². The maximum absolute atomic E-state index is 12.7. The molecule has 1 aromatic carbocycles. The van der Waals surface area contributed by atoms with Crippen LogP contribution in [0.3, 0.4) is 0 Å². The van der Waals surface area contributed by atoms with Gasteiger partial charge in [-0.1, -0.05) is 22.9 Å². The third-order valence-electron chi connectivity index (χ3n) is 5.67. The lowest BCUT2D eigenvalue weighted by atomic mass is 9.98. The molecule has 3 atom stereocenters. The number of hydrogen-bond acceptors (Lipinski definition) is 6. The summed E-state index contributed by atoms with van der Waals surface area (Å²) in [6.45, 7) is 2.38. The van der Waals surface area contributed by atoms with E-state index in [1.165, 1.54) is 12.8 Å². The van der Waals surface area contributed by atoms with E-state index in [9.17, 15) is 13.5 Å². The minimum absolute atomic E-state index is 0.0409. The van der Waals surface area contributed by atoms with Gasteiger partial charge in [-0.2, -0.15) is 0 Å². The summed E-state index contributed by atoms with van der Waals surface area (Å²) in [7, 11) is -3.66. The SMILES string of the molecule is Cc1ccc(S(=O)(=O)N[C@H]2CC[C@H](CCn3cc(C4CC4)nn3)O[C@H]2CO)cc1. The molecule has 1 aromatic heterocycles. The van der Waals surface area contributed by atoms with Gasteiger partial charge in [-0.05, 0) is 51.2 Å². The van der Waals surface area contributed by atoms with Crippen molar-refractivity contribution < 1.29 is 18.3 Å². The van der Waals surface area contributed by atoms with Crippen LogP contribution < -0.4 is 4.72 Å². The van der Waals surface area contributed by atoms with Crippen molar-refractivity contribution in [3.8, 4) is 0 Å². The van der Waals surface area contributed by atoms with Crippen molar-refractivity contribution in [1.29, 1.82) is 0 Å². The number of aryl methyl sites for hydroxylation is 2. The molecule has 9 heteroatoms. The average molecular weight is 421 g/mol. The van der Waals surface area contributed by atoms with Crippen LogP contribution in [-0.2, 0) is 21.3 Å². The number of hydrogen-bond donors (Lipinski definition) is 2. The van der Waals surface area contributed by atoms with E-state index in [1.54, 1.807) is 24.3 Å². The second kappa shape index (κ2) is 8.51. The number of rotatable bonds is 8. The lowest BCUT2D eigenvalue weighted by Crippen LogP contribution is -2.50. The van der Waals surface area contributed by atoms with Crippen molar-refractivity contribution in [3.63, 3.8) is 0 Å². The first-order chi connectivity index (χ1) is 13.9. The van der Waals surface area contributed by atoms with Crippen LogP contribution >= 0.6 is 0 Å². The molecule has 4 rings (SSSR count). The maximum atomic E-state index is 12.7. The van der Waals surface area contributed by atoms with Gasteiger partial charge in [0.1, 0.15) is 0 Å². The molecule has 158 valence electrons. The van der Waals surface area contributed by atoms with Crippen LogP contribution in [-0.4, -0.2) is 53.4 Å². The Morgan fingerprint density at radius 2 is 1.97 bits per heavy atom. The maximum Gasteiger partial charge on any atom is 0.240 e. The van der Waals surface area contributed by atoms with Gasteiger partial charge in [0.15, 0.2) is 0 Å². The van der Waals surface area contributed by atoms with Crippen LogP contribution in [0, 0.1) is 6.92 Å². The topological polar surface area (TPSA) is 106 Å². The summed E-state index contributed by atoms with van der Waals surface area (Å²) in [5.74, 6) is 0.579. The summed E-state index contributed by atoms with van der Waals surface area (Å²) < 4.78 is 35.9. The smallest absolute Gasteiger partial charge is 0.240 e. The zero-order valence-corrected chi connectivity index (χ0v) is 17.4. The molecule has 8 nitrogen and oxygen atoms in total. The van der Waals surface area contributed by atoms with Crippen molar-refractivity contribution in [2.45, 2.75) is 74.6 Å². The molecule has 1 saturated heterocycles. The van der Waals surface area contributed by atoms with Gasteiger partial charge in [-0.15, -0.1) is 5.10 Å². The van der Waals surface area contributed by atoms with Gasteiger partial charge >= 0.3 is 0 Å². The summed E-state index contributed by atoms with van der Waals surface area (Å²) in [5.41, 5.74) is 2.06. The predicted molar refractivity (Wildman–Crippen MR) is 107 cm³/mol. The third-order valence-corrected chi connectivity index (χ3v) is 7.17. The Kier molecular flexibility index (Phi) is 6.00. The second-order valence-electron chi connectivity index (χ2n) is 8.07. The molecule has 1 aliphatic heterocycles. The first-order valence-electron chi connectivity index (χ1n) is 10.2. The van der Waals surface area contributed by atoms with Crippen molar-refractivity contribution in [1.82, 2.24) is 19.7 Å². The molecule has 29 heavy (non-hydrogen) atoms. The minimum atomic E-state index is -3.66. The molecule has 2 fully saturated rings. The number of nitrogens with one attached hydrogen (secondary N) is 1.